The topological polar surface area (TPSA) is 49.3 Å². The molecule has 0 heterocycles. The van der Waals surface area contributed by atoms with E-state index in [1.54, 1.807) is 12.1 Å². The van der Waals surface area contributed by atoms with Crippen molar-refractivity contribution in [3.8, 4) is 0 Å². The number of carboxylic acid groups (broad SMARTS) is 1. The van der Waals surface area contributed by atoms with E-state index in [1.165, 1.54) is 0 Å². The number of anilines is 1. The average molecular weight is 219 g/mol. The molecule has 3 nitrogen and oxygen atoms in total. The summed E-state index contributed by atoms with van der Waals surface area (Å²) in [6, 6.07) is 5.30. The van der Waals surface area contributed by atoms with Crippen LogP contribution in [0.3, 0.4) is 0 Å². The average Bonchev–Trinajstić information content (AvgIpc) is 2.24. The smallest absolute Gasteiger partial charge is 0.337 e. The monoisotopic (exact) mass is 219 g/mol. The van der Waals surface area contributed by atoms with Gasteiger partial charge in [0.1, 0.15) is 0 Å². The summed E-state index contributed by atoms with van der Waals surface area (Å²) in [5, 5.41) is 12.1. The fraction of sp³-hybridized carbons (Fsp3) is 0.308. The summed E-state index contributed by atoms with van der Waals surface area (Å²) in [6.45, 7) is 4.66. The summed E-state index contributed by atoms with van der Waals surface area (Å²) in [4.78, 5) is 11.0. The van der Waals surface area contributed by atoms with E-state index in [4.69, 9.17) is 5.11 Å². The van der Waals surface area contributed by atoms with Gasteiger partial charge in [-0.15, -0.1) is 0 Å². The molecule has 0 saturated carbocycles. The maximum Gasteiger partial charge on any atom is 0.337 e. The first kappa shape index (κ1) is 12.3. The number of aryl methyl sites for hydroxylation is 1. The third-order valence-electron chi connectivity index (χ3n) is 2.27. The summed E-state index contributed by atoms with van der Waals surface area (Å²) in [5.41, 5.74) is 2.07. The second kappa shape index (κ2) is 5.95. The Morgan fingerprint density at radius 3 is 2.88 bits per heavy atom. The van der Waals surface area contributed by atoms with Crippen LogP contribution in [0.1, 0.15) is 29.3 Å². The van der Waals surface area contributed by atoms with E-state index in [2.05, 4.69) is 5.32 Å². The van der Waals surface area contributed by atoms with E-state index < -0.39 is 5.97 Å². The Labute approximate surface area is 95.8 Å². The van der Waals surface area contributed by atoms with E-state index in [1.807, 2.05) is 32.1 Å². The van der Waals surface area contributed by atoms with Crippen LogP contribution in [0.2, 0.25) is 0 Å². The van der Waals surface area contributed by atoms with Crippen molar-refractivity contribution in [2.75, 3.05) is 11.9 Å². The zero-order valence-corrected chi connectivity index (χ0v) is 9.66. The molecule has 0 amide bonds. The van der Waals surface area contributed by atoms with Gasteiger partial charge in [0.25, 0.3) is 0 Å². The van der Waals surface area contributed by atoms with Gasteiger partial charge in [-0.25, -0.2) is 4.79 Å². The van der Waals surface area contributed by atoms with Gasteiger partial charge in [-0.2, -0.15) is 0 Å². The summed E-state index contributed by atoms with van der Waals surface area (Å²) >= 11 is 0. The van der Waals surface area contributed by atoms with Crippen molar-refractivity contribution in [3.05, 3.63) is 41.5 Å². The van der Waals surface area contributed by atoms with Crippen LogP contribution in [0, 0.1) is 6.92 Å². The van der Waals surface area contributed by atoms with Crippen molar-refractivity contribution in [2.24, 2.45) is 0 Å². The molecule has 3 heteroatoms. The first-order chi connectivity index (χ1) is 7.65. The molecule has 0 spiro atoms. The molecule has 0 saturated heterocycles. The Balaban J connectivity index is 2.76. The van der Waals surface area contributed by atoms with Crippen LogP contribution in [0.4, 0.5) is 5.69 Å². The summed E-state index contributed by atoms with van der Waals surface area (Å²) in [7, 11) is 0. The minimum atomic E-state index is -0.895. The van der Waals surface area contributed by atoms with E-state index in [9.17, 15) is 4.79 Å². The first-order valence-electron chi connectivity index (χ1n) is 5.34. The van der Waals surface area contributed by atoms with Crippen LogP contribution in [0.15, 0.2) is 30.4 Å². The summed E-state index contributed by atoms with van der Waals surface area (Å²) < 4.78 is 0. The number of allylic oxidation sites excluding steroid dienone is 1. The molecular formula is C13H17NO2. The maximum atomic E-state index is 11.0. The fourth-order valence-corrected chi connectivity index (χ4v) is 1.45. The SMILES string of the molecule is C/C=C/CCNc1cc(C)ccc1C(=O)O. The lowest BCUT2D eigenvalue weighted by Crippen LogP contribution is -2.07. The number of aromatic carboxylic acids is 1. The van der Waals surface area contributed by atoms with Crippen LogP contribution in [-0.2, 0) is 0 Å². The van der Waals surface area contributed by atoms with Crippen molar-refractivity contribution in [1.29, 1.82) is 0 Å². The number of nitrogens with one attached hydrogen (secondary N) is 1. The molecular weight excluding hydrogens is 202 g/mol. The third-order valence-corrected chi connectivity index (χ3v) is 2.27. The Morgan fingerprint density at radius 2 is 2.25 bits per heavy atom. The Bertz CT molecular complexity index is 397. The lowest BCUT2D eigenvalue weighted by molar-refractivity contribution is 0.0698. The minimum Gasteiger partial charge on any atom is -0.478 e. The molecule has 0 aliphatic heterocycles. The number of benzene rings is 1. The second-order valence-electron chi connectivity index (χ2n) is 3.64. The van der Waals surface area contributed by atoms with Crippen LogP contribution in [0.25, 0.3) is 0 Å². The largest absolute Gasteiger partial charge is 0.478 e. The number of carbonyl (C=O) groups is 1. The van der Waals surface area contributed by atoms with Crippen LogP contribution < -0.4 is 5.32 Å². The van der Waals surface area contributed by atoms with Gasteiger partial charge in [0.05, 0.1) is 5.56 Å². The second-order valence-corrected chi connectivity index (χ2v) is 3.64. The van der Waals surface area contributed by atoms with Crippen molar-refractivity contribution in [1.82, 2.24) is 0 Å². The highest BCUT2D eigenvalue weighted by Gasteiger charge is 2.08. The molecule has 0 aromatic heterocycles. The quantitative estimate of drug-likeness (QED) is 0.591. The predicted octanol–water partition coefficient (Wildman–Crippen LogP) is 3.07. The molecule has 2 N–H and O–H groups in total. The molecule has 1 aromatic carbocycles. The van der Waals surface area contributed by atoms with Crippen molar-refractivity contribution < 1.29 is 9.90 Å². The third kappa shape index (κ3) is 3.42. The maximum absolute atomic E-state index is 11.0. The van der Waals surface area contributed by atoms with Gasteiger partial charge >= 0.3 is 5.97 Å². The highest BCUT2D eigenvalue weighted by atomic mass is 16.4. The molecule has 1 rings (SSSR count). The van der Waals surface area contributed by atoms with Gasteiger partial charge in [-0.05, 0) is 38.0 Å². The van der Waals surface area contributed by atoms with E-state index in [0.717, 1.165) is 18.5 Å². The molecule has 16 heavy (non-hydrogen) atoms. The van der Waals surface area contributed by atoms with E-state index in [0.29, 0.717) is 11.3 Å². The standard InChI is InChI=1S/C13H17NO2/c1-3-4-5-8-14-12-9-10(2)6-7-11(12)13(15)16/h3-4,6-7,9,14H,5,8H2,1-2H3,(H,15,16)/b4-3+. The van der Waals surface area contributed by atoms with Crippen LogP contribution in [0.5, 0.6) is 0 Å². The molecule has 0 bridgehead atoms. The normalized spacial score (nSPS) is 10.6. The lowest BCUT2D eigenvalue weighted by Gasteiger charge is -2.09. The van der Waals surface area contributed by atoms with Gasteiger partial charge in [-0.1, -0.05) is 18.2 Å². The van der Waals surface area contributed by atoms with Gasteiger partial charge in [0.2, 0.25) is 0 Å². The zero-order valence-electron chi connectivity index (χ0n) is 9.66. The predicted molar refractivity (Wildman–Crippen MR) is 66.1 cm³/mol. The van der Waals surface area contributed by atoms with Crippen molar-refractivity contribution in [3.63, 3.8) is 0 Å². The molecule has 0 unspecified atom stereocenters. The molecule has 0 atom stereocenters. The van der Waals surface area contributed by atoms with Gasteiger partial charge in [-0.3, -0.25) is 0 Å². The zero-order chi connectivity index (χ0) is 12.0. The first-order valence-corrected chi connectivity index (χ1v) is 5.34. The van der Waals surface area contributed by atoms with Crippen molar-refractivity contribution in [2.45, 2.75) is 20.3 Å². The number of rotatable bonds is 5. The lowest BCUT2D eigenvalue weighted by atomic mass is 10.1. The molecule has 0 aliphatic rings. The van der Waals surface area contributed by atoms with Crippen LogP contribution >= 0.6 is 0 Å². The van der Waals surface area contributed by atoms with E-state index >= 15 is 0 Å². The molecule has 86 valence electrons. The fourth-order valence-electron chi connectivity index (χ4n) is 1.45. The highest BCUT2D eigenvalue weighted by Crippen LogP contribution is 2.17. The van der Waals surface area contributed by atoms with Gasteiger partial charge < -0.3 is 10.4 Å². The Morgan fingerprint density at radius 1 is 1.50 bits per heavy atom. The van der Waals surface area contributed by atoms with E-state index in [-0.39, 0.29) is 0 Å². The molecule has 1 aromatic rings. The minimum absolute atomic E-state index is 0.325. The number of carboxylic acids is 1. The Hall–Kier alpha value is -1.77. The summed E-state index contributed by atoms with van der Waals surface area (Å²) in [6.07, 6.45) is 4.92. The molecule has 0 aliphatic carbocycles. The van der Waals surface area contributed by atoms with Gasteiger partial charge in [0, 0.05) is 12.2 Å². The van der Waals surface area contributed by atoms with Crippen molar-refractivity contribution >= 4 is 11.7 Å². The number of hydrogen-bond acceptors (Lipinski definition) is 2. The molecule has 0 radical (unpaired) electrons. The molecule has 0 fully saturated rings. The summed E-state index contributed by atoms with van der Waals surface area (Å²) in [5.74, 6) is -0.895. The van der Waals surface area contributed by atoms with Crippen LogP contribution in [-0.4, -0.2) is 17.6 Å². The van der Waals surface area contributed by atoms with Gasteiger partial charge in [0.15, 0.2) is 0 Å². The number of hydrogen-bond donors (Lipinski definition) is 2. The highest BCUT2D eigenvalue weighted by molar-refractivity contribution is 5.94. The Kier molecular flexibility index (Phi) is 4.58.